The molecule has 3 atom stereocenters. The van der Waals surface area contributed by atoms with Crippen LogP contribution in [-0.2, 0) is 6.42 Å². The molecule has 2 aliphatic heterocycles. The molecule has 0 radical (unpaired) electrons. The molecule has 1 fully saturated rings. The van der Waals surface area contributed by atoms with Crippen LogP contribution >= 0.6 is 11.8 Å². The van der Waals surface area contributed by atoms with Gasteiger partial charge >= 0.3 is 0 Å². The lowest BCUT2D eigenvalue weighted by Gasteiger charge is -2.32. The lowest BCUT2D eigenvalue weighted by Crippen LogP contribution is -2.35. The monoisotopic (exact) mass is 444 g/mol. The number of aryl methyl sites for hydroxylation is 3. The molecule has 0 unspecified atom stereocenters. The van der Waals surface area contributed by atoms with Crippen LogP contribution in [0.5, 0.6) is 0 Å². The summed E-state index contributed by atoms with van der Waals surface area (Å²) in [6, 6.07) is 16.0. The van der Waals surface area contributed by atoms with E-state index in [2.05, 4.69) is 80.5 Å². The molecule has 4 heterocycles. The van der Waals surface area contributed by atoms with E-state index in [0.29, 0.717) is 6.04 Å². The van der Waals surface area contributed by atoms with E-state index in [-0.39, 0.29) is 12.1 Å². The Labute approximate surface area is 195 Å². The van der Waals surface area contributed by atoms with Crippen LogP contribution in [0, 0.1) is 20.8 Å². The van der Waals surface area contributed by atoms with Crippen molar-refractivity contribution in [3.63, 3.8) is 0 Å². The van der Waals surface area contributed by atoms with Gasteiger partial charge in [0.05, 0.1) is 17.4 Å². The molecule has 32 heavy (non-hydrogen) atoms. The second kappa shape index (κ2) is 8.43. The number of aliphatic imine (C=N–C) groups is 1. The zero-order valence-electron chi connectivity index (χ0n) is 19.7. The van der Waals surface area contributed by atoms with E-state index >= 15 is 0 Å². The quantitative estimate of drug-likeness (QED) is 0.460. The van der Waals surface area contributed by atoms with Crippen molar-refractivity contribution in [1.29, 1.82) is 0 Å². The number of para-hydroxylation sites is 1. The van der Waals surface area contributed by atoms with Crippen molar-refractivity contribution < 1.29 is 0 Å². The predicted molar refractivity (Wildman–Crippen MR) is 135 cm³/mol. The van der Waals surface area contributed by atoms with Crippen molar-refractivity contribution >= 4 is 16.9 Å². The molecule has 0 bridgehead atoms. The number of hydrogen-bond donors (Lipinski definition) is 0. The van der Waals surface area contributed by atoms with Crippen LogP contribution in [-0.4, -0.2) is 31.4 Å². The first-order valence-electron chi connectivity index (χ1n) is 11.7. The van der Waals surface area contributed by atoms with Crippen LogP contribution in [0.4, 0.5) is 0 Å². The van der Waals surface area contributed by atoms with Crippen molar-refractivity contribution in [2.75, 3.05) is 5.75 Å². The normalized spacial score (nSPS) is 22.3. The SMILES string of the molecule is CCc1cccc(C)c1-n1c(C)cc([C@@H]2[C@H](c3ccccn3)N=C3SC[C@H](CC)N32)c1C. The molecule has 2 aliphatic rings. The fourth-order valence-corrected chi connectivity index (χ4v) is 6.78. The zero-order valence-corrected chi connectivity index (χ0v) is 20.5. The van der Waals surface area contributed by atoms with E-state index in [1.165, 1.54) is 38.9 Å². The number of aromatic nitrogens is 2. The first kappa shape index (κ1) is 21.3. The van der Waals surface area contributed by atoms with E-state index in [1.54, 1.807) is 0 Å². The Kier molecular flexibility index (Phi) is 5.62. The summed E-state index contributed by atoms with van der Waals surface area (Å²) in [4.78, 5) is 12.5. The molecule has 5 rings (SSSR count). The molecule has 0 amide bonds. The van der Waals surface area contributed by atoms with Crippen molar-refractivity contribution in [3.05, 3.63) is 82.4 Å². The molecule has 0 spiro atoms. The predicted octanol–water partition coefficient (Wildman–Crippen LogP) is 6.34. The molecule has 5 heteroatoms. The molecule has 3 aromatic rings. The van der Waals surface area contributed by atoms with Crippen LogP contribution in [0.1, 0.15) is 66.1 Å². The Hall–Kier alpha value is -2.53. The fourth-order valence-electron chi connectivity index (χ4n) is 5.44. The summed E-state index contributed by atoms with van der Waals surface area (Å²) < 4.78 is 2.47. The third kappa shape index (κ3) is 3.29. The molecular formula is C27H32N4S. The Morgan fingerprint density at radius 1 is 1.06 bits per heavy atom. The van der Waals surface area contributed by atoms with Crippen LogP contribution < -0.4 is 0 Å². The van der Waals surface area contributed by atoms with Crippen LogP contribution in [0.15, 0.2) is 53.7 Å². The maximum Gasteiger partial charge on any atom is 0.160 e. The van der Waals surface area contributed by atoms with Gasteiger partial charge in [-0.05, 0) is 68.5 Å². The van der Waals surface area contributed by atoms with Gasteiger partial charge in [0.2, 0.25) is 0 Å². The van der Waals surface area contributed by atoms with Crippen LogP contribution in [0.25, 0.3) is 5.69 Å². The molecule has 4 nitrogen and oxygen atoms in total. The highest BCUT2D eigenvalue weighted by molar-refractivity contribution is 8.14. The van der Waals surface area contributed by atoms with Crippen molar-refractivity contribution in [2.24, 2.45) is 4.99 Å². The fraction of sp³-hybridized carbons (Fsp3) is 0.407. The number of nitrogens with zero attached hydrogens (tertiary/aromatic N) is 4. The van der Waals surface area contributed by atoms with Gasteiger partial charge in [-0.2, -0.15) is 0 Å². The molecule has 166 valence electrons. The first-order chi connectivity index (χ1) is 15.5. The van der Waals surface area contributed by atoms with E-state index in [0.717, 1.165) is 24.3 Å². The summed E-state index contributed by atoms with van der Waals surface area (Å²) >= 11 is 1.91. The molecule has 1 aromatic carbocycles. The third-order valence-corrected chi connectivity index (χ3v) is 8.17. The molecule has 0 aliphatic carbocycles. The number of rotatable bonds is 5. The van der Waals surface area contributed by atoms with E-state index in [9.17, 15) is 0 Å². The van der Waals surface area contributed by atoms with Gasteiger partial charge in [-0.15, -0.1) is 0 Å². The average molecular weight is 445 g/mol. The Morgan fingerprint density at radius 3 is 2.62 bits per heavy atom. The second-order valence-corrected chi connectivity index (χ2v) is 9.92. The lowest BCUT2D eigenvalue weighted by molar-refractivity contribution is 0.254. The van der Waals surface area contributed by atoms with Gasteiger partial charge in [-0.3, -0.25) is 9.98 Å². The lowest BCUT2D eigenvalue weighted by atomic mass is 9.95. The van der Waals surface area contributed by atoms with Crippen molar-refractivity contribution in [3.8, 4) is 5.69 Å². The molecule has 2 aromatic heterocycles. The van der Waals surface area contributed by atoms with Crippen LogP contribution in [0.3, 0.4) is 0 Å². The second-order valence-electron chi connectivity index (χ2n) is 8.93. The summed E-state index contributed by atoms with van der Waals surface area (Å²) in [5, 5.41) is 1.19. The number of thioether (sulfide) groups is 1. The molecular weight excluding hydrogens is 412 g/mol. The van der Waals surface area contributed by atoms with Crippen molar-refractivity contribution in [2.45, 2.75) is 65.6 Å². The summed E-state index contributed by atoms with van der Waals surface area (Å²) in [6.07, 6.45) is 4.05. The zero-order chi connectivity index (χ0) is 22.4. The van der Waals surface area contributed by atoms with Crippen LogP contribution in [0.2, 0.25) is 0 Å². The van der Waals surface area contributed by atoms with E-state index in [4.69, 9.17) is 9.98 Å². The van der Waals surface area contributed by atoms with E-state index in [1.807, 2.05) is 24.0 Å². The minimum atomic E-state index is 0.0320. The molecule has 1 saturated heterocycles. The standard InChI is InChI=1S/C27H32N4S/c1-6-20-12-10-11-17(3)25(20)30-18(4)15-22(19(30)5)26-24(23-13-8-9-14-28-23)29-27-31(26)21(7-2)16-32-27/h8-15,21,24,26H,6-7,16H2,1-5H3/t21-,24-,26+/m0/s1. The molecule has 0 N–H and O–H groups in total. The van der Waals surface area contributed by atoms with Gasteiger partial charge in [0.25, 0.3) is 0 Å². The number of benzene rings is 1. The Balaban J connectivity index is 1.67. The highest BCUT2D eigenvalue weighted by Gasteiger charge is 2.46. The Morgan fingerprint density at radius 2 is 1.91 bits per heavy atom. The summed E-state index contributed by atoms with van der Waals surface area (Å²) in [6.45, 7) is 11.3. The number of amidine groups is 1. The number of hydrogen-bond acceptors (Lipinski definition) is 4. The number of pyridine rings is 1. The van der Waals surface area contributed by atoms with Gasteiger partial charge in [-0.25, -0.2) is 0 Å². The number of fused-ring (bicyclic) bond motifs is 1. The first-order valence-corrected chi connectivity index (χ1v) is 12.7. The minimum absolute atomic E-state index is 0.0320. The van der Waals surface area contributed by atoms with Gasteiger partial charge in [0, 0.05) is 29.4 Å². The summed E-state index contributed by atoms with van der Waals surface area (Å²) in [5.74, 6) is 1.12. The highest BCUT2D eigenvalue weighted by Crippen LogP contribution is 2.50. The topological polar surface area (TPSA) is 33.4 Å². The maximum absolute atomic E-state index is 5.21. The summed E-state index contributed by atoms with van der Waals surface area (Å²) in [5.41, 5.74) is 9.10. The van der Waals surface area contributed by atoms with Gasteiger partial charge in [0.15, 0.2) is 5.17 Å². The minimum Gasteiger partial charge on any atom is -0.338 e. The largest absolute Gasteiger partial charge is 0.338 e. The van der Waals surface area contributed by atoms with Crippen molar-refractivity contribution in [1.82, 2.24) is 14.5 Å². The maximum atomic E-state index is 5.21. The van der Waals surface area contributed by atoms with Gasteiger partial charge < -0.3 is 9.47 Å². The Bertz CT molecular complexity index is 1160. The average Bonchev–Trinajstić information content (AvgIpc) is 3.46. The third-order valence-electron chi connectivity index (χ3n) is 7.04. The van der Waals surface area contributed by atoms with Gasteiger partial charge in [-0.1, -0.05) is 49.9 Å². The molecule has 0 saturated carbocycles. The smallest absolute Gasteiger partial charge is 0.160 e. The van der Waals surface area contributed by atoms with Gasteiger partial charge in [0.1, 0.15) is 6.04 Å². The highest BCUT2D eigenvalue weighted by atomic mass is 32.2. The van der Waals surface area contributed by atoms with E-state index < -0.39 is 0 Å². The summed E-state index contributed by atoms with van der Waals surface area (Å²) in [7, 11) is 0.